The number of piperazine rings is 1. The zero-order valence-electron chi connectivity index (χ0n) is 15.3. The second-order valence-electron chi connectivity index (χ2n) is 6.47. The normalized spacial score (nSPS) is 15.9. The van der Waals surface area contributed by atoms with Crippen molar-refractivity contribution in [1.29, 1.82) is 0 Å². The van der Waals surface area contributed by atoms with Crippen molar-refractivity contribution in [2.75, 3.05) is 26.2 Å². The van der Waals surface area contributed by atoms with Crippen molar-refractivity contribution in [2.24, 2.45) is 0 Å². The predicted octanol–water partition coefficient (Wildman–Crippen LogP) is 2.82. The molecule has 5 nitrogen and oxygen atoms in total. The van der Waals surface area contributed by atoms with Gasteiger partial charge in [0.05, 0.1) is 0 Å². The minimum atomic E-state index is -4.31. The molecule has 0 spiro atoms. The molecule has 8 heteroatoms. The van der Waals surface area contributed by atoms with E-state index < -0.39 is 26.6 Å². The summed E-state index contributed by atoms with van der Waals surface area (Å²) in [4.78, 5) is 12.9. The summed E-state index contributed by atoms with van der Waals surface area (Å²) >= 11 is 0. The second kappa shape index (κ2) is 8.20. The van der Waals surface area contributed by atoms with Crippen molar-refractivity contribution in [3.8, 4) is 0 Å². The van der Waals surface area contributed by atoms with Gasteiger partial charge in [-0.2, -0.15) is 4.31 Å². The highest BCUT2D eigenvalue weighted by Crippen LogP contribution is 2.23. The Morgan fingerprint density at radius 3 is 2.18 bits per heavy atom. The molecule has 3 rings (SSSR count). The lowest BCUT2D eigenvalue weighted by atomic mass is 10.1. The molecule has 2 aromatic carbocycles. The molecule has 1 fully saturated rings. The van der Waals surface area contributed by atoms with E-state index in [1.165, 1.54) is 11.0 Å². The van der Waals surface area contributed by atoms with Gasteiger partial charge >= 0.3 is 0 Å². The van der Waals surface area contributed by atoms with Gasteiger partial charge in [0.2, 0.25) is 15.9 Å². The minimum Gasteiger partial charge on any atom is -0.337 e. The van der Waals surface area contributed by atoms with Crippen molar-refractivity contribution in [3.05, 3.63) is 71.3 Å². The molecule has 28 heavy (non-hydrogen) atoms. The van der Waals surface area contributed by atoms with Gasteiger partial charge in [0, 0.05) is 32.3 Å². The molecular weight excluding hydrogens is 386 g/mol. The summed E-state index contributed by atoms with van der Waals surface area (Å²) in [6.45, 7) is 2.17. The van der Waals surface area contributed by atoms with Gasteiger partial charge in [0.25, 0.3) is 0 Å². The van der Waals surface area contributed by atoms with Crippen LogP contribution < -0.4 is 0 Å². The van der Waals surface area contributed by atoms with Crippen LogP contribution in [0.15, 0.2) is 53.4 Å². The number of hydrogen-bond acceptors (Lipinski definition) is 3. The van der Waals surface area contributed by atoms with Gasteiger partial charge in [-0.15, -0.1) is 0 Å². The lowest BCUT2D eigenvalue weighted by Gasteiger charge is -2.33. The Hall–Kier alpha value is -2.58. The molecule has 1 heterocycles. The third kappa shape index (κ3) is 4.13. The minimum absolute atomic E-state index is 0.0277. The second-order valence-corrected chi connectivity index (χ2v) is 8.34. The Kier molecular flexibility index (Phi) is 5.90. The summed E-state index contributed by atoms with van der Waals surface area (Å²) in [5.41, 5.74) is 1.96. The maximum absolute atomic E-state index is 13.9. The number of nitrogens with zero attached hydrogens (tertiary/aromatic N) is 2. The standard InChI is InChI=1S/C20H20F2N2O3S/c1-15-5-2-3-6-16(15)9-10-19(25)23-11-13-24(14-12-23)28(26,27)20-17(21)7-4-8-18(20)22/h2-10H,11-14H2,1H3/b10-9+. The summed E-state index contributed by atoms with van der Waals surface area (Å²) in [6, 6.07) is 10.6. The number of carbonyl (C=O) groups is 1. The average molecular weight is 406 g/mol. The molecule has 2 aromatic rings. The molecule has 0 radical (unpaired) electrons. The van der Waals surface area contributed by atoms with Gasteiger partial charge in [-0.3, -0.25) is 4.79 Å². The van der Waals surface area contributed by atoms with Crippen LogP contribution in [0.25, 0.3) is 6.08 Å². The van der Waals surface area contributed by atoms with Gasteiger partial charge < -0.3 is 4.90 Å². The number of aryl methyl sites for hydroxylation is 1. The molecule has 1 amide bonds. The van der Waals surface area contributed by atoms with Crippen LogP contribution in [0.3, 0.4) is 0 Å². The maximum atomic E-state index is 13.9. The van der Waals surface area contributed by atoms with Gasteiger partial charge in [-0.25, -0.2) is 17.2 Å². The quantitative estimate of drug-likeness (QED) is 0.734. The third-order valence-corrected chi connectivity index (χ3v) is 6.61. The number of benzene rings is 2. The highest BCUT2D eigenvalue weighted by atomic mass is 32.2. The lowest BCUT2D eigenvalue weighted by Crippen LogP contribution is -2.50. The highest BCUT2D eigenvalue weighted by molar-refractivity contribution is 7.89. The van der Waals surface area contributed by atoms with Crippen LogP contribution in [-0.2, 0) is 14.8 Å². The van der Waals surface area contributed by atoms with Crippen LogP contribution in [0.1, 0.15) is 11.1 Å². The Labute approximate surface area is 162 Å². The molecule has 0 atom stereocenters. The van der Waals surface area contributed by atoms with E-state index in [1.807, 2.05) is 31.2 Å². The molecule has 0 aliphatic carbocycles. The largest absolute Gasteiger partial charge is 0.337 e. The van der Waals surface area contributed by atoms with Crippen molar-refractivity contribution in [1.82, 2.24) is 9.21 Å². The molecule has 0 bridgehead atoms. The maximum Gasteiger partial charge on any atom is 0.249 e. The van der Waals surface area contributed by atoms with Crippen LogP contribution in [0.4, 0.5) is 8.78 Å². The number of sulfonamides is 1. The summed E-state index contributed by atoms with van der Waals surface area (Å²) in [6.07, 6.45) is 3.17. The number of rotatable bonds is 4. The van der Waals surface area contributed by atoms with Crippen LogP contribution in [0.5, 0.6) is 0 Å². The Morgan fingerprint density at radius 2 is 1.57 bits per heavy atom. The first-order valence-electron chi connectivity index (χ1n) is 8.77. The van der Waals surface area contributed by atoms with Crippen LogP contribution in [-0.4, -0.2) is 49.7 Å². The summed E-state index contributed by atoms with van der Waals surface area (Å²) in [7, 11) is -4.31. The summed E-state index contributed by atoms with van der Waals surface area (Å²) in [5, 5.41) is 0. The first kappa shape index (κ1) is 20.2. The van der Waals surface area contributed by atoms with Crippen LogP contribution in [0, 0.1) is 18.6 Å². The zero-order valence-corrected chi connectivity index (χ0v) is 16.1. The molecule has 148 valence electrons. The molecule has 0 N–H and O–H groups in total. The van der Waals surface area contributed by atoms with E-state index in [1.54, 1.807) is 6.08 Å². The Morgan fingerprint density at radius 1 is 0.964 bits per heavy atom. The number of carbonyl (C=O) groups excluding carboxylic acids is 1. The Bertz CT molecular complexity index is 994. The van der Waals surface area contributed by atoms with E-state index in [4.69, 9.17) is 0 Å². The summed E-state index contributed by atoms with van der Waals surface area (Å²) in [5.74, 6) is -2.49. The van der Waals surface area contributed by atoms with Crippen LogP contribution in [0.2, 0.25) is 0 Å². The first-order valence-corrected chi connectivity index (χ1v) is 10.2. The zero-order chi connectivity index (χ0) is 20.3. The van der Waals surface area contributed by atoms with E-state index in [0.29, 0.717) is 0 Å². The fourth-order valence-electron chi connectivity index (χ4n) is 3.05. The van der Waals surface area contributed by atoms with E-state index in [9.17, 15) is 22.0 Å². The monoisotopic (exact) mass is 406 g/mol. The van der Waals surface area contributed by atoms with Crippen molar-refractivity contribution in [2.45, 2.75) is 11.8 Å². The fraction of sp³-hybridized carbons (Fsp3) is 0.250. The summed E-state index contributed by atoms with van der Waals surface area (Å²) < 4.78 is 53.9. The van der Waals surface area contributed by atoms with Crippen molar-refractivity contribution in [3.63, 3.8) is 0 Å². The van der Waals surface area contributed by atoms with Gasteiger partial charge in [-0.05, 0) is 36.3 Å². The molecule has 0 saturated carbocycles. The smallest absolute Gasteiger partial charge is 0.249 e. The average Bonchev–Trinajstić information content (AvgIpc) is 2.67. The molecule has 1 aliphatic heterocycles. The van der Waals surface area contributed by atoms with E-state index >= 15 is 0 Å². The molecule has 0 aromatic heterocycles. The SMILES string of the molecule is Cc1ccccc1/C=C/C(=O)N1CCN(S(=O)(=O)c2c(F)cccc2F)CC1. The molecule has 1 saturated heterocycles. The molecule has 0 unspecified atom stereocenters. The lowest BCUT2D eigenvalue weighted by molar-refractivity contribution is -0.127. The molecule has 1 aliphatic rings. The number of hydrogen-bond donors (Lipinski definition) is 0. The number of amides is 1. The van der Waals surface area contributed by atoms with Crippen molar-refractivity contribution < 1.29 is 22.0 Å². The first-order chi connectivity index (χ1) is 13.3. The van der Waals surface area contributed by atoms with E-state index in [2.05, 4.69) is 0 Å². The predicted molar refractivity (Wildman–Crippen MR) is 102 cm³/mol. The highest BCUT2D eigenvalue weighted by Gasteiger charge is 2.33. The van der Waals surface area contributed by atoms with E-state index in [-0.39, 0.29) is 32.1 Å². The van der Waals surface area contributed by atoms with Gasteiger partial charge in [0.1, 0.15) is 11.6 Å². The van der Waals surface area contributed by atoms with Crippen molar-refractivity contribution >= 4 is 22.0 Å². The van der Waals surface area contributed by atoms with Gasteiger partial charge in [-0.1, -0.05) is 30.3 Å². The van der Waals surface area contributed by atoms with Crippen LogP contribution >= 0.6 is 0 Å². The molecular formula is C20H20F2N2O3S. The number of halogens is 2. The van der Waals surface area contributed by atoms with Gasteiger partial charge in [0.15, 0.2) is 4.90 Å². The van der Waals surface area contributed by atoms with E-state index in [0.717, 1.165) is 33.6 Å². The topological polar surface area (TPSA) is 57.7 Å². The third-order valence-electron chi connectivity index (χ3n) is 4.66. The fourth-order valence-corrected chi connectivity index (χ4v) is 4.58. The Balaban J connectivity index is 1.67.